The first-order valence-corrected chi connectivity index (χ1v) is 12.2. The van der Waals surface area contributed by atoms with Gasteiger partial charge in [0.1, 0.15) is 16.8 Å². The number of carbonyl (C=O) groups excluding carboxylic acids is 2. The first-order valence-electron chi connectivity index (χ1n) is 10.5. The van der Waals surface area contributed by atoms with E-state index in [1.165, 1.54) is 33.6 Å². The highest BCUT2D eigenvalue weighted by Gasteiger charge is 2.47. The molecule has 2 N–H and O–H groups in total. The number of aliphatic hydroxyl groups is 1. The first-order chi connectivity index (χ1) is 16.4. The summed E-state index contributed by atoms with van der Waals surface area (Å²) in [4.78, 5) is 34.1. The fourth-order valence-electron chi connectivity index (χ4n) is 4.10. The molecule has 1 atom stereocenters. The monoisotopic (exact) mass is 488 g/mol. The second-order valence-electron chi connectivity index (χ2n) is 7.93. The van der Waals surface area contributed by atoms with Crippen LogP contribution in [0.15, 0.2) is 77.4 Å². The Morgan fingerprint density at radius 1 is 1.00 bits per heavy atom. The molecular weight excluding hydrogens is 468 g/mol. The average molecular weight is 489 g/mol. The summed E-state index contributed by atoms with van der Waals surface area (Å²) in [5, 5.41) is 24.0. The Kier molecular flexibility index (Phi) is 5.55. The molecule has 0 saturated carbocycles. The van der Waals surface area contributed by atoms with E-state index >= 15 is 0 Å². The van der Waals surface area contributed by atoms with E-state index in [9.17, 15) is 19.8 Å². The number of carbonyl (C=O) groups is 2. The van der Waals surface area contributed by atoms with Gasteiger partial charge in [-0.05, 0) is 43.0 Å². The first kappa shape index (κ1) is 22.1. The number of anilines is 1. The normalized spacial score (nSPS) is 15.9. The van der Waals surface area contributed by atoms with Gasteiger partial charge < -0.3 is 10.2 Å². The number of benzene rings is 2. The van der Waals surface area contributed by atoms with E-state index in [4.69, 9.17) is 0 Å². The Morgan fingerprint density at radius 2 is 1.71 bits per heavy atom. The lowest BCUT2D eigenvalue weighted by molar-refractivity contribution is -0.117. The minimum atomic E-state index is -0.866. The van der Waals surface area contributed by atoms with Crippen molar-refractivity contribution in [1.29, 1.82) is 0 Å². The predicted octanol–water partition coefficient (Wildman–Crippen LogP) is 5.98. The Morgan fingerprint density at radius 3 is 2.38 bits per heavy atom. The van der Waals surface area contributed by atoms with Crippen molar-refractivity contribution in [3.05, 3.63) is 98.4 Å². The number of para-hydroxylation sites is 2. The van der Waals surface area contributed by atoms with Gasteiger partial charge in [-0.2, -0.15) is 0 Å². The summed E-state index contributed by atoms with van der Waals surface area (Å²) >= 11 is 2.63. The van der Waals surface area contributed by atoms with Crippen molar-refractivity contribution in [3.63, 3.8) is 0 Å². The van der Waals surface area contributed by atoms with Crippen molar-refractivity contribution in [2.24, 2.45) is 0 Å². The molecule has 6 nitrogen and oxygen atoms in total. The predicted molar refractivity (Wildman–Crippen MR) is 134 cm³/mol. The SMILES string of the molecule is Cc1ccsc1C1C(C(=O)c2sc(-c3ccccc3)nc2C)=C(O)C(=O)N1c1ccccc1O. The van der Waals surface area contributed by atoms with Gasteiger partial charge in [-0.3, -0.25) is 14.5 Å². The molecule has 2 aromatic carbocycles. The molecule has 34 heavy (non-hydrogen) atoms. The summed E-state index contributed by atoms with van der Waals surface area (Å²) < 4.78 is 0. The van der Waals surface area contributed by atoms with Crippen LogP contribution in [0.4, 0.5) is 5.69 Å². The van der Waals surface area contributed by atoms with Gasteiger partial charge in [-0.1, -0.05) is 42.5 Å². The molecule has 1 aliphatic heterocycles. The number of ketones is 1. The maximum absolute atomic E-state index is 13.9. The Labute approximate surface area is 204 Å². The van der Waals surface area contributed by atoms with Crippen molar-refractivity contribution in [1.82, 2.24) is 4.98 Å². The van der Waals surface area contributed by atoms with Crippen LogP contribution < -0.4 is 4.90 Å². The molecule has 8 heteroatoms. The van der Waals surface area contributed by atoms with E-state index in [0.717, 1.165) is 16.0 Å². The highest BCUT2D eigenvalue weighted by atomic mass is 32.1. The van der Waals surface area contributed by atoms with Gasteiger partial charge in [0.25, 0.3) is 5.91 Å². The zero-order valence-corrected chi connectivity index (χ0v) is 20.0. The number of thiophene rings is 1. The Bertz CT molecular complexity index is 1450. The summed E-state index contributed by atoms with van der Waals surface area (Å²) in [7, 11) is 0. The zero-order chi connectivity index (χ0) is 24.0. The van der Waals surface area contributed by atoms with Gasteiger partial charge in [0.15, 0.2) is 5.76 Å². The van der Waals surface area contributed by atoms with Gasteiger partial charge in [0.2, 0.25) is 5.78 Å². The maximum Gasteiger partial charge on any atom is 0.294 e. The molecule has 1 unspecified atom stereocenters. The molecule has 4 aromatic rings. The van der Waals surface area contributed by atoms with Crippen LogP contribution >= 0.6 is 22.7 Å². The number of hydrogen-bond acceptors (Lipinski definition) is 7. The zero-order valence-electron chi connectivity index (χ0n) is 18.4. The van der Waals surface area contributed by atoms with Crippen LogP contribution in [0.2, 0.25) is 0 Å². The molecule has 1 aliphatic rings. The molecule has 0 bridgehead atoms. The largest absolute Gasteiger partial charge is 0.506 e. The summed E-state index contributed by atoms with van der Waals surface area (Å²) in [6, 6.07) is 17.0. The number of nitrogens with zero attached hydrogens (tertiary/aromatic N) is 2. The smallest absolute Gasteiger partial charge is 0.294 e. The summed E-state index contributed by atoms with van der Waals surface area (Å²) in [5.41, 5.74) is 2.52. The lowest BCUT2D eigenvalue weighted by Crippen LogP contribution is -2.31. The van der Waals surface area contributed by atoms with Crippen molar-refractivity contribution >= 4 is 40.1 Å². The van der Waals surface area contributed by atoms with Crippen molar-refractivity contribution in [3.8, 4) is 16.3 Å². The number of rotatable bonds is 5. The molecule has 2 aromatic heterocycles. The number of hydrogen-bond donors (Lipinski definition) is 2. The van der Waals surface area contributed by atoms with E-state index < -0.39 is 23.5 Å². The van der Waals surface area contributed by atoms with E-state index in [0.29, 0.717) is 15.6 Å². The Hall–Kier alpha value is -3.75. The quantitative estimate of drug-likeness (QED) is 0.338. The third-order valence-corrected chi connectivity index (χ3v) is 8.04. The van der Waals surface area contributed by atoms with Gasteiger partial charge in [-0.15, -0.1) is 22.7 Å². The lowest BCUT2D eigenvalue weighted by Gasteiger charge is -2.27. The van der Waals surface area contributed by atoms with Crippen molar-refractivity contribution in [2.45, 2.75) is 19.9 Å². The fraction of sp³-hybridized carbons (Fsp3) is 0.115. The van der Waals surface area contributed by atoms with Crippen LogP contribution in [-0.4, -0.2) is 26.9 Å². The van der Waals surface area contributed by atoms with Gasteiger partial charge in [0, 0.05) is 10.4 Å². The van der Waals surface area contributed by atoms with Gasteiger partial charge >= 0.3 is 0 Å². The highest BCUT2D eigenvalue weighted by molar-refractivity contribution is 7.17. The minimum Gasteiger partial charge on any atom is -0.506 e. The molecule has 0 fully saturated rings. The number of aryl methyl sites for hydroxylation is 2. The number of Topliss-reactive ketones (excluding diaryl/α,β-unsaturated/α-hetero) is 1. The number of phenolic OH excluding ortho intramolecular Hbond substituents is 1. The van der Waals surface area contributed by atoms with Crippen LogP contribution in [0, 0.1) is 13.8 Å². The number of aromatic hydroxyl groups is 1. The number of amides is 1. The topological polar surface area (TPSA) is 90.7 Å². The molecule has 0 saturated heterocycles. The Balaban J connectivity index is 1.65. The lowest BCUT2D eigenvalue weighted by atomic mass is 9.98. The van der Waals surface area contributed by atoms with Gasteiger partial charge in [-0.25, -0.2) is 4.98 Å². The van der Waals surface area contributed by atoms with E-state index in [1.807, 2.05) is 48.7 Å². The van der Waals surface area contributed by atoms with Crippen LogP contribution in [0.1, 0.15) is 31.8 Å². The molecule has 0 spiro atoms. The second-order valence-corrected chi connectivity index (χ2v) is 9.87. The standard InChI is InChI=1S/C26H20N2O4S2/c1-14-12-13-33-23(14)20-19(22(31)26(32)28(20)17-10-6-7-11-18(17)29)21(30)24-15(2)27-25(34-24)16-8-4-3-5-9-16/h3-13,20,29,31H,1-2H3. The molecule has 170 valence electrons. The van der Waals surface area contributed by atoms with Crippen LogP contribution in [0.5, 0.6) is 5.75 Å². The molecule has 5 rings (SSSR count). The number of aromatic nitrogens is 1. The minimum absolute atomic E-state index is 0.00911. The third kappa shape index (κ3) is 3.52. The second kappa shape index (κ2) is 8.55. The number of phenols is 1. The molecule has 0 aliphatic carbocycles. The molecule has 3 heterocycles. The van der Waals surface area contributed by atoms with E-state index in [2.05, 4.69) is 4.98 Å². The van der Waals surface area contributed by atoms with Crippen molar-refractivity contribution < 1.29 is 19.8 Å². The fourth-order valence-corrected chi connectivity index (χ4v) is 6.15. The average Bonchev–Trinajstić information content (AvgIpc) is 3.51. The van der Waals surface area contributed by atoms with Crippen LogP contribution in [0.25, 0.3) is 10.6 Å². The highest BCUT2D eigenvalue weighted by Crippen LogP contribution is 2.47. The van der Waals surface area contributed by atoms with Crippen LogP contribution in [0.3, 0.4) is 0 Å². The number of aliphatic hydroxyl groups excluding tert-OH is 1. The number of thiazole rings is 1. The van der Waals surface area contributed by atoms with Crippen molar-refractivity contribution in [2.75, 3.05) is 4.90 Å². The van der Waals surface area contributed by atoms with Gasteiger partial charge in [0.05, 0.1) is 21.8 Å². The molecule has 0 radical (unpaired) electrons. The van der Waals surface area contributed by atoms with Crippen LogP contribution in [-0.2, 0) is 4.79 Å². The van der Waals surface area contributed by atoms with E-state index in [-0.39, 0.29) is 17.0 Å². The summed E-state index contributed by atoms with van der Waals surface area (Å²) in [5.74, 6) is -1.90. The molecule has 1 amide bonds. The molecular formula is C26H20N2O4S2. The maximum atomic E-state index is 13.9. The van der Waals surface area contributed by atoms with E-state index in [1.54, 1.807) is 25.1 Å². The third-order valence-electron chi connectivity index (χ3n) is 5.77. The summed E-state index contributed by atoms with van der Waals surface area (Å²) in [6.45, 7) is 3.64. The summed E-state index contributed by atoms with van der Waals surface area (Å²) in [6.07, 6.45) is 0.